The largest absolute Gasteiger partial charge is 0.399 e. The van der Waals surface area contributed by atoms with Gasteiger partial charge < -0.3 is 11.1 Å². The normalized spacial score (nSPS) is 16.3. The summed E-state index contributed by atoms with van der Waals surface area (Å²) in [7, 11) is 0. The zero-order valence-electron chi connectivity index (χ0n) is 10.8. The van der Waals surface area contributed by atoms with Crippen LogP contribution in [0.1, 0.15) is 32.1 Å². The van der Waals surface area contributed by atoms with Crippen LogP contribution in [0, 0.1) is 0 Å². The summed E-state index contributed by atoms with van der Waals surface area (Å²) in [5, 5.41) is 3.12. The van der Waals surface area contributed by atoms with Crippen LogP contribution < -0.4 is 11.1 Å². The molecule has 2 rings (SSSR count). The molecule has 3 nitrogen and oxygen atoms in total. The fourth-order valence-corrected chi connectivity index (χ4v) is 3.76. The Bertz CT molecular complexity index is 447. The predicted molar refractivity (Wildman–Crippen MR) is 84.3 cm³/mol. The van der Waals surface area contributed by atoms with Crippen LogP contribution in [0.3, 0.4) is 0 Å². The number of nitrogen functional groups attached to an aromatic ring is 1. The molecule has 1 aliphatic rings. The van der Waals surface area contributed by atoms with E-state index in [1.807, 2.05) is 18.2 Å². The van der Waals surface area contributed by atoms with Crippen molar-refractivity contribution in [2.75, 3.05) is 11.5 Å². The maximum absolute atomic E-state index is 11.9. The Morgan fingerprint density at radius 2 is 2.11 bits per heavy atom. The molecular formula is C14H19BrN2OS. The van der Waals surface area contributed by atoms with Crippen molar-refractivity contribution in [1.82, 2.24) is 5.32 Å². The van der Waals surface area contributed by atoms with Gasteiger partial charge in [-0.15, -0.1) is 11.8 Å². The van der Waals surface area contributed by atoms with E-state index in [0.717, 1.165) is 27.9 Å². The number of anilines is 1. The lowest BCUT2D eigenvalue weighted by atomic mass is 9.95. The van der Waals surface area contributed by atoms with E-state index in [-0.39, 0.29) is 5.91 Å². The fourth-order valence-electron chi connectivity index (χ4n) is 2.29. The van der Waals surface area contributed by atoms with E-state index >= 15 is 0 Å². The molecule has 0 aliphatic heterocycles. The Labute approximate surface area is 126 Å². The van der Waals surface area contributed by atoms with Crippen molar-refractivity contribution in [2.24, 2.45) is 0 Å². The number of nitrogens with one attached hydrogen (secondary N) is 1. The first kappa shape index (κ1) is 14.7. The molecule has 1 amide bonds. The molecule has 0 atom stereocenters. The Kier molecular flexibility index (Phi) is 5.58. The Balaban J connectivity index is 1.79. The van der Waals surface area contributed by atoms with Gasteiger partial charge in [0.2, 0.25) is 5.91 Å². The van der Waals surface area contributed by atoms with Gasteiger partial charge in [-0.05, 0) is 47.0 Å². The second-order valence-electron chi connectivity index (χ2n) is 4.88. The van der Waals surface area contributed by atoms with Gasteiger partial charge in [0, 0.05) is 21.1 Å². The summed E-state index contributed by atoms with van der Waals surface area (Å²) in [4.78, 5) is 12.9. The average molecular weight is 343 g/mol. The lowest BCUT2D eigenvalue weighted by Crippen LogP contribution is -2.37. The zero-order chi connectivity index (χ0) is 13.7. The molecule has 5 heteroatoms. The minimum Gasteiger partial charge on any atom is -0.399 e. The lowest BCUT2D eigenvalue weighted by molar-refractivity contribution is -0.119. The SMILES string of the molecule is Nc1ccc(SCC(=O)NC2CCCCC2)c(Br)c1. The first-order valence-electron chi connectivity index (χ1n) is 6.62. The smallest absolute Gasteiger partial charge is 0.230 e. The molecule has 1 aromatic carbocycles. The second-order valence-corrected chi connectivity index (χ2v) is 6.75. The summed E-state index contributed by atoms with van der Waals surface area (Å²) in [6.45, 7) is 0. The minimum atomic E-state index is 0.126. The summed E-state index contributed by atoms with van der Waals surface area (Å²) < 4.78 is 0.947. The van der Waals surface area contributed by atoms with Crippen LogP contribution in [-0.4, -0.2) is 17.7 Å². The van der Waals surface area contributed by atoms with Crippen molar-refractivity contribution in [3.63, 3.8) is 0 Å². The number of hydrogen-bond donors (Lipinski definition) is 2. The maximum Gasteiger partial charge on any atom is 0.230 e. The maximum atomic E-state index is 11.9. The summed E-state index contributed by atoms with van der Waals surface area (Å²) in [6.07, 6.45) is 6.03. The number of carbonyl (C=O) groups is 1. The molecule has 1 aliphatic carbocycles. The lowest BCUT2D eigenvalue weighted by Gasteiger charge is -2.22. The van der Waals surface area contributed by atoms with Gasteiger partial charge in [-0.1, -0.05) is 19.3 Å². The van der Waals surface area contributed by atoms with Crippen LogP contribution in [0.25, 0.3) is 0 Å². The minimum absolute atomic E-state index is 0.126. The standard InChI is InChI=1S/C14H19BrN2OS/c15-12-8-10(16)6-7-13(12)19-9-14(18)17-11-4-2-1-3-5-11/h6-8,11H,1-5,9,16H2,(H,17,18). The number of carbonyl (C=O) groups excluding carboxylic acids is 1. The van der Waals surface area contributed by atoms with E-state index in [2.05, 4.69) is 21.2 Å². The number of rotatable bonds is 4. The third-order valence-electron chi connectivity index (χ3n) is 3.28. The molecule has 19 heavy (non-hydrogen) atoms. The number of amides is 1. The third kappa shape index (κ3) is 4.73. The molecule has 1 aromatic rings. The highest BCUT2D eigenvalue weighted by Gasteiger charge is 2.15. The molecule has 3 N–H and O–H groups in total. The van der Waals surface area contributed by atoms with Crippen LogP contribution in [0.15, 0.2) is 27.6 Å². The van der Waals surface area contributed by atoms with Crippen LogP contribution in [0.5, 0.6) is 0 Å². The van der Waals surface area contributed by atoms with E-state index in [4.69, 9.17) is 5.73 Å². The Morgan fingerprint density at radius 3 is 2.79 bits per heavy atom. The molecule has 0 heterocycles. The van der Waals surface area contributed by atoms with Gasteiger partial charge in [-0.2, -0.15) is 0 Å². The van der Waals surface area contributed by atoms with Crippen LogP contribution in [0.4, 0.5) is 5.69 Å². The van der Waals surface area contributed by atoms with E-state index in [0.29, 0.717) is 11.8 Å². The average Bonchev–Trinajstić information content (AvgIpc) is 2.39. The topological polar surface area (TPSA) is 55.1 Å². The van der Waals surface area contributed by atoms with E-state index in [1.165, 1.54) is 31.0 Å². The van der Waals surface area contributed by atoms with Gasteiger partial charge in [-0.3, -0.25) is 4.79 Å². The molecule has 1 saturated carbocycles. The molecule has 0 bridgehead atoms. The number of hydrogen-bond acceptors (Lipinski definition) is 3. The Hall–Kier alpha value is -0.680. The van der Waals surface area contributed by atoms with Crippen molar-refractivity contribution in [3.05, 3.63) is 22.7 Å². The zero-order valence-corrected chi connectivity index (χ0v) is 13.2. The molecule has 0 aromatic heterocycles. The highest BCUT2D eigenvalue weighted by molar-refractivity contribution is 9.10. The van der Waals surface area contributed by atoms with Gasteiger partial charge >= 0.3 is 0 Å². The number of thioether (sulfide) groups is 1. The van der Waals surface area contributed by atoms with Crippen molar-refractivity contribution in [3.8, 4) is 0 Å². The van der Waals surface area contributed by atoms with Gasteiger partial charge in [-0.25, -0.2) is 0 Å². The Morgan fingerprint density at radius 1 is 1.37 bits per heavy atom. The van der Waals surface area contributed by atoms with Crippen molar-refractivity contribution in [2.45, 2.75) is 43.0 Å². The molecule has 0 radical (unpaired) electrons. The monoisotopic (exact) mass is 342 g/mol. The summed E-state index contributed by atoms with van der Waals surface area (Å²) >= 11 is 5.00. The highest BCUT2D eigenvalue weighted by atomic mass is 79.9. The highest BCUT2D eigenvalue weighted by Crippen LogP contribution is 2.29. The van der Waals surface area contributed by atoms with Gasteiger partial charge in [0.15, 0.2) is 0 Å². The first-order valence-corrected chi connectivity index (χ1v) is 8.40. The summed E-state index contributed by atoms with van der Waals surface area (Å²) in [5.41, 5.74) is 6.41. The van der Waals surface area contributed by atoms with Crippen LogP contribution in [-0.2, 0) is 4.79 Å². The fraction of sp³-hybridized carbons (Fsp3) is 0.500. The van der Waals surface area contributed by atoms with Crippen molar-refractivity contribution >= 4 is 39.3 Å². The van der Waals surface area contributed by atoms with E-state index < -0.39 is 0 Å². The predicted octanol–water partition coefficient (Wildman–Crippen LogP) is 3.57. The van der Waals surface area contributed by atoms with Gasteiger partial charge in [0.1, 0.15) is 0 Å². The van der Waals surface area contributed by atoms with Gasteiger partial charge in [0.05, 0.1) is 5.75 Å². The van der Waals surface area contributed by atoms with Crippen LogP contribution in [0.2, 0.25) is 0 Å². The second kappa shape index (κ2) is 7.20. The third-order valence-corrected chi connectivity index (χ3v) is 5.28. The van der Waals surface area contributed by atoms with E-state index in [9.17, 15) is 4.79 Å². The molecule has 104 valence electrons. The van der Waals surface area contributed by atoms with Gasteiger partial charge in [0.25, 0.3) is 0 Å². The summed E-state index contributed by atoms with van der Waals surface area (Å²) in [5.74, 6) is 0.583. The molecule has 0 spiro atoms. The molecule has 0 saturated heterocycles. The molecule has 0 unspecified atom stereocenters. The first-order chi connectivity index (χ1) is 9.15. The number of benzene rings is 1. The number of nitrogens with two attached hydrogens (primary N) is 1. The quantitative estimate of drug-likeness (QED) is 0.649. The molecular weight excluding hydrogens is 324 g/mol. The van der Waals surface area contributed by atoms with Crippen molar-refractivity contribution < 1.29 is 4.79 Å². The van der Waals surface area contributed by atoms with E-state index in [1.54, 1.807) is 0 Å². The molecule has 1 fully saturated rings. The number of halogens is 1. The van der Waals surface area contributed by atoms with Crippen LogP contribution >= 0.6 is 27.7 Å². The van der Waals surface area contributed by atoms with Crippen molar-refractivity contribution in [1.29, 1.82) is 0 Å². The summed E-state index contributed by atoms with van der Waals surface area (Å²) in [6, 6.07) is 6.04.